The van der Waals surface area contributed by atoms with Gasteiger partial charge in [-0.15, -0.1) is 0 Å². The molecule has 1 unspecified atom stereocenters. The average molecular weight is 456 g/mol. The second kappa shape index (κ2) is 8.73. The summed E-state index contributed by atoms with van der Waals surface area (Å²) in [7, 11) is -5.85. The molecule has 0 spiro atoms. The third-order valence-corrected chi connectivity index (χ3v) is 9.14. The summed E-state index contributed by atoms with van der Waals surface area (Å²) >= 11 is 0. The molecule has 0 saturated carbocycles. The van der Waals surface area contributed by atoms with Crippen LogP contribution >= 0.6 is 0 Å². The largest absolute Gasteiger partial charge is 0.497 e. The molecule has 162 valence electrons. The number of rotatable bonds is 7. The lowest BCUT2D eigenvalue weighted by Crippen LogP contribution is -2.27. The second-order valence-corrected chi connectivity index (χ2v) is 11.5. The summed E-state index contributed by atoms with van der Waals surface area (Å²) in [5, 5.41) is 1.49. The highest BCUT2D eigenvalue weighted by Gasteiger charge is 2.38. The van der Waals surface area contributed by atoms with E-state index >= 15 is 0 Å². The lowest BCUT2D eigenvalue weighted by atomic mass is 10.1. The molecule has 0 aliphatic carbocycles. The van der Waals surface area contributed by atoms with Crippen LogP contribution in [0.5, 0.6) is 5.75 Å². The molecule has 0 bridgehead atoms. The summed E-state index contributed by atoms with van der Waals surface area (Å²) in [5.41, 5.74) is 0.511. The van der Waals surface area contributed by atoms with Crippen molar-refractivity contribution in [3.63, 3.8) is 0 Å². The number of amides is 1. The highest BCUT2D eigenvalue weighted by molar-refractivity contribution is 7.96. The quantitative estimate of drug-likeness (QED) is 0.638. The molecule has 1 atom stereocenters. The van der Waals surface area contributed by atoms with Crippen molar-refractivity contribution in [2.45, 2.75) is 23.0 Å². The van der Waals surface area contributed by atoms with Crippen molar-refractivity contribution < 1.29 is 30.8 Å². The van der Waals surface area contributed by atoms with Crippen molar-refractivity contribution in [2.24, 2.45) is 0 Å². The molecule has 1 aliphatic rings. The van der Waals surface area contributed by atoms with Crippen LogP contribution in [0.3, 0.4) is 0 Å². The van der Waals surface area contributed by atoms with Gasteiger partial charge in [0, 0.05) is 6.54 Å². The molecule has 1 aliphatic heterocycles. The van der Waals surface area contributed by atoms with E-state index in [4.69, 9.17) is 4.74 Å². The van der Waals surface area contributed by atoms with Crippen LogP contribution in [0.25, 0.3) is 0 Å². The first-order chi connectivity index (χ1) is 14.1. The number of hydrogen-bond acceptors (Lipinski definition) is 6. The highest BCUT2D eigenvalue weighted by atomic mass is 32.2. The topological polar surface area (TPSA) is 107 Å². The third-order valence-electron chi connectivity index (χ3n) is 4.97. The van der Waals surface area contributed by atoms with Gasteiger partial charge in [-0.05, 0) is 48.7 Å². The summed E-state index contributed by atoms with van der Waals surface area (Å²) in [5.74, 6) is -1.58. The molecule has 1 fully saturated rings. The molecule has 0 aromatic heterocycles. The van der Waals surface area contributed by atoms with E-state index in [1.165, 1.54) is 0 Å². The number of carbonyl (C=O) groups excluding carboxylic acids is 1. The van der Waals surface area contributed by atoms with E-state index in [0.29, 0.717) is 12.2 Å². The summed E-state index contributed by atoms with van der Waals surface area (Å²) in [4.78, 5) is 12.2. The van der Waals surface area contributed by atoms with Crippen LogP contribution in [0.4, 0.5) is 4.39 Å². The molecular formula is C20H22FNO6S2. The van der Waals surface area contributed by atoms with Crippen molar-refractivity contribution >= 4 is 25.6 Å². The molecule has 0 radical (unpaired) electrons. The minimum atomic E-state index is -3.99. The van der Waals surface area contributed by atoms with Gasteiger partial charge in [-0.25, -0.2) is 21.2 Å². The number of hydrogen-bond donors (Lipinski definition) is 1. The first-order valence-electron chi connectivity index (χ1n) is 9.27. The maximum atomic E-state index is 14.2. The normalized spacial score (nSPS) is 18.1. The number of halogens is 1. The predicted molar refractivity (Wildman–Crippen MR) is 110 cm³/mol. The SMILES string of the molecule is COc1cccc(CCNC(=O)c2cc(S(=O)(=O)C3CCS(=O)(=O)C3)ccc2F)c1. The van der Waals surface area contributed by atoms with E-state index in [1.54, 1.807) is 13.2 Å². The maximum Gasteiger partial charge on any atom is 0.254 e. The van der Waals surface area contributed by atoms with E-state index in [0.717, 1.165) is 23.8 Å². The first-order valence-corrected chi connectivity index (χ1v) is 12.6. The smallest absolute Gasteiger partial charge is 0.254 e. The van der Waals surface area contributed by atoms with Gasteiger partial charge in [0.25, 0.3) is 5.91 Å². The molecule has 10 heteroatoms. The van der Waals surface area contributed by atoms with Crippen molar-refractivity contribution in [2.75, 3.05) is 25.2 Å². The van der Waals surface area contributed by atoms with Gasteiger partial charge in [-0.3, -0.25) is 4.79 Å². The van der Waals surface area contributed by atoms with Crippen LogP contribution in [-0.4, -0.2) is 53.2 Å². The Bertz CT molecular complexity index is 1160. The van der Waals surface area contributed by atoms with E-state index < -0.39 is 48.0 Å². The van der Waals surface area contributed by atoms with Crippen molar-refractivity contribution in [1.29, 1.82) is 0 Å². The van der Waals surface area contributed by atoms with Crippen molar-refractivity contribution in [3.8, 4) is 5.75 Å². The monoisotopic (exact) mass is 455 g/mol. The Balaban J connectivity index is 1.72. The van der Waals surface area contributed by atoms with E-state index in [9.17, 15) is 26.0 Å². The predicted octanol–water partition coefficient (Wildman–Crippen LogP) is 1.77. The van der Waals surface area contributed by atoms with Crippen LogP contribution in [0.2, 0.25) is 0 Å². The van der Waals surface area contributed by atoms with Gasteiger partial charge in [0.1, 0.15) is 11.6 Å². The summed E-state index contributed by atoms with van der Waals surface area (Å²) in [6.07, 6.45) is 0.465. The van der Waals surface area contributed by atoms with Gasteiger partial charge < -0.3 is 10.1 Å². The number of sulfone groups is 2. The number of ether oxygens (including phenoxy) is 1. The summed E-state index contributed by atoms with van der Waals surface area (Å²) in [6, 6.07) is 10.2. The van der Waals surface area contributed by atoms with E-state index in [-0.39, 0.29) is 23.6 Å². The van der Waals surface area contributed by atoms with E-state index in [2.05, 4.69) is 5.32 Å². The van der Waals surface area contributed by atoms with Gasteiger partial charge in [-0.1, -0.05) is 12.1 Å². The van der Waals surface area contributed by atoms with Crippen LogP contribution < -0.4 is 10.1 Å². The standard InChI is InChI=1S/C20H22FNO6S2/c1-28-15-4-2-3-14(11-15)7-9-22-20(23)18-12-16(5-6-19(18)21)30(26,27)17-8-10-29(24,25)13-17/h2-6,11-12,17H,7-10,13H2,1H3,(H,22,23). The van der Waals surface area contributed by atoms with Gasteiger partial charge in [0.2, 0.25) is 0 Å². The Labute approximate surface area is 175 Å². The Hall–Kier alpha value is -2.46. The molecule has 1 amide bonds. The van der Waals surface area contributed by atoms with Crippen LogP contribution in [0.15, 0.2) is 47.4 Å². The maximum absolute atomic E-state index is 14.2. The zero-order chi connectivity index (χ0) is 21.9. The van der Waals surface area contributed by atoms with Crippen molar-refractivity contribution in [1.82, 2.24) is 5.32 Å². The fraction of sp³-hybridized carbons (Fsp3) is 0.350. The zero-order valence-corrected chi connectivity index (χ0v) is 17.9. The first kappa shape index (κ1) is 22.2. The fourth-order valence-electron chi connectivity index (χ4n) is 3.30. The van der Waals surface area contributed by atoms with E-state index in [1.807, 2.05) is 18.2 Å². The summed E-state index contributed by atoms with van der Waals surface area (Å²) < 4.78 is 68.1. The van der Waals surface area contributed by atoms with Crippen LogP contribution in [-0.2, 0) is 26.1 Å². The highest BCUT2D eigenvalue weighted by Crippen LogP contribution is 2.26. The minimum Gasteiger partial charge on any atom is -0.497 e. The fourth-order valence-corrected chi connectivity index (χ4v) is 7.68. The molecule has 7 nitrogen and oxygen atoms in total. The molecule has 2 aromatic carbocycles. The molecule has 1 N–H and O–H groups in total. The lowest BCUT2D eigenvalue weighted by molar-refractivity contribution is 0.0950. The van der Waals surface area contributed by atoms with Crippen molar-refractivity contribution in [3.05, 3.63) is 59.4 Å². The lowest BCUT2D eigenvalue weighted by Gasteiger charge is -2.12. The van der Waals surface area contributed by atoms with Gasteiger partial charge in [-0.2, -0.15) is 0 Å². The minimum absolute atomic E-state index is 0.00981. The Morgan fingerprint density at radius 1 is 1.23 bits per heavy atom. The molecule has 1 saturated heterocycles. The molecule has 2 aromatic rings. The number of methoxy groups -OCH3 is 1. The number of carbonyl (C=O) groups is 1. The van der Waals surface area contributed by atoms with Gasteiger partial charge in [0.05, 0.1) is 34.3 Å². The summed E-state index contributed by atoms with van der Waals surface area (Å²) in [6.45, 7) is 0.212. The zero-order valence-electron chi connectivity index (χ0n) is 16.3. The second-order valence-electron chi connectivity index (χ2n) is 7.07. The Morgan fingerprint density at radius 2 is 2.00 bits per heavy atom. The third kappa shape index (κ3) is 4.99. The van der Waals surface area contributed by atoms with Crippen LogP contribution in [0, 0.1) is 5.82 Å². The molecular weight excluding hydrogens is 433 g/mol. The van der Waals surface area contributed by atoms with Gasteiger partial charge in [0.15, 0.2) is 19.7 Å². The average Bonchev–Trinajstić information content (AvgIpc) is 3.08. The molecule has 1 heterocycles. The Morgan fingerprint density at radius 3 is 2.67 bits per heavy atom. The van der Waals surface area contributed by atoms with Crippen LogP contribution in [0.1, 0.15) is 22.3 Å². The number of nitrogens with one attached hydrogen (secondary N) is 1. The molecule has 3 rings (SSSR count). The Kier molecular flexibility index (Phi) is 6.47. The molecule has 30 heavy (non-hydrogen) atoms. The number of benzene rings is 2. The van der Waals surface area contributed by atoms with Gasteiger partial charge >= 0.3 is 0 Å².